The maximum absolute atomic E-state index is 5.23. The van der Waals surface area contributed by atoms with Crippen molar-refractivity contribution in [3.63, 3.8) is 0 Å². The molecular weight excluding hydrogens is 266 g/mol. The van der Waals surface area contributed by atoms with E-state index in [0.29, 0.717) is 0 Å². The van der Waals surface area contributed by atoms with Crippen molar-refractivity contribution in [1.82, 2.24) is 4.57 Å². The number of methoxy groups -OCH3 is 1. The molecule has 1 aliphatic rings. The van der Waals surface area contributed by atoms with E-state index in [1.54, 1.807) is 18.4 Å². The molecular formula is C17H21NOS. The summed E-state index contributed by atoms with van der Waals surface area (Å²) in [5, 5.41) is 1.40. The van der Waals surface area contributed by atoms with E-state index >= 15 is 0 Å². The first kappa shape index (κ1) is 13.6. The van der Waals surface area contributed by atoms with Crippen LogP contribution in [0.15, 0.2) is 35.4 Å². The lowest BCUT2D eigenvalue weighted by atomic mass is 9.98. The smallest absolute Gasteiger partial charge is 0.118 e. The fourth-order valence-corrected chi connectivity index (χ4v) is 3.65. The second-order valence-electron chi connectivity index (χ2n) is 5.30. The topological polar surface area (TPSA) is 14.2 Å². The molecule has 0 atom stereocenters. The van der Waals surface area contributed by atoms with E-state index in [4.69, 9.17) is 4.74 Å². The van der Waals surface area contributed by atoms with E-state index < -0.39 is 0 Å². The van der Waals surface area contributed by atoms with E-state index in [0.717, 1.165) is 12.3 Å². The number of thioether (sulfide) groups is 1. The molecule has 0 radical (unpaired) electrons. The molecule has 106 valence electrons. The Bertz CT molecular complexity index is 586. The normalized spacial score (nSPS) is 14.1. The van der Waals surface area contributed by atoms with Gasteiger partial charge in [0.25, 0.3) is 0 Å². The zero-order valence-electron chi connectivity index (χ0n) is 12.2. The molecule has 2 nitrogen and oxygen atoms in total. The highest BCUT2D eigenvalue weighted by atomic mass is 32.2. The SMILES string of the molecule is COc1ccc(Cn2c(SC)cc3c2CCCC3)cc1. The number of ether oxygens (including phenoxy) is 1. The Hall–Kier alpha value is -1.35. The van der Waals surface area contributed by atoms with Crippen molar-refractivity contribution < 1.29 is 4.74 Å². The third-order valence-corrected chi connectivity index (χ3v) is 4.84. The van der Waals surface area contributed by atoms with Crippen LogP contribution in [0.2, 0.25) is 0 Å². The summed E-state index contributed by atoms with van der Waals surface area (Å²) in [5.41, 5.74) is 4.45. The van der Waals surface area contributed by atoms with Gasteiger partial charge < -0.3 is 9.30 Å². The Labute approximate surface area is 125 Å². The lowest BCUT2D eigenvalue weighted by Gasteiger charge is -2.17. The van der Waals surface area contributed by atoms with Gasteiger partial charge in [-0.05, 0) is 61.3 Å². The fraction of sp³-hybridized carbons (Fsp3) is 0.412. The number of aryl methyl sites for hydroxylation is 1. The standard InChI is InChI=1S/C17H21NOS/c1-19-15-9-7-13(8-10-15)12-18-16-6-4-3-5-14(16)11-17(18)20-2/h7-11H,3-6,12H2,1-2H3. The zero-order chi connectivity index (χ0) is 13.9. The molecule has 0 bridgehead atoms. The van der Waals surface area contributed by atoms with Gasteiger partial charge >= 0.3 is 0 Å². The number of hydrogen-bond donors (Lipinski definition) is 0. The van der Waals surface area contributed by atoms with Crippen LogP contribution in [0.4, 0.5) is 0 Å². The molecule has 0 N–H and O–H groups in total. The van der Waals surface area contributed by atoms with Gasteiger partial charge in [-0.1, -0.05) is 12.1 Å². The van der Waals surface area contributed by atoms with Gasteiger partial charge in [0.05, 0.1) is 12.1 Å². The van der Waals surface area contributed by atoms with E-state index in [9.17, 15) is 0 Å². The Morgan fingerprint density at radius 1 is 1.15 bits per heavy atom. The van der Waals surface area contributed by atoms with Crippen LogP contribution in [0.1, 0.15) is 29.7 Å². The molecule has 20 heavy (non-hydrogen) atoms. The summed E-state index contributed by atoms with van der Waals surface area (Å²) in [7, 11) is 1.71. The predicted molar refractivity (Wildman–Crippen MR) is 85.0 cm³/mol. The summed E-state index contributed by atoms with van der Waals surface area (Å²) < 4.78 is 7.73. The molecule has 1 heterocycles. The molecule has 1 aromatic heterocycles. The van der Waals surface area contributed by atoms with Gasteiger partial charge in [0, 0.05) is 12.2 Å². The van der Waals surface area contributed by atoms with Gasteiger partial charge in [0.15, 0.2) is 0 Å². The van der Waals surface area contributed by atoms with Crippen LogP contribution in [0.25, 0.3) is 0 Å². The predicted octanol–water partition coefficient (Wildman–Crippen LogP) is 4.15. The monoisotopic (exact) mass is 287 g/mol. The summed E-state index contributed by atoms with van der Waals surface area (Å²) in [4.78, 5) is 0. The minimum atomic E-state index is 0.924. The van der Waals surface area contributed by atoms with Gasteiger partial charge in [0.1, 0.15) is 5.75 Å². The zero-order valence-corrected chi connectivity index (χ0v) is 13.0. The molecule has 2 aromatic rings. The van der Waals surface area contributed by atoms with Crippen LogP contribution < -0.4 is 4.74 Å². The van der Waals surface area contributed by atoms with Crippen LogP contribution in [0, 0.1) is 0 Å². The molecule has 0 saturated heterocycles. The van der Waals surface area contributed by atoms with Crippen LogP contribution in [0.3, 0.4) is 0 Å². The third-order valence-electron chi connectivity index (χ3n) is 4.08. The average molecular weight is 287 g/mol. The molecule has 0 aliphatic heterocycles. The Morgan fingerprint density at radius 3 is 2.60 bits per heavy atom. The van der Waals surface area contributed by atoms with Crippen molar-refractivity contribution in [2.75, 3.05) is 13.4 Å². The third kappa shape index (κ3) is 2.59. The van der Waals surface area contributed by atoms with Crippen LogP contribution in [-0.2, 0) is 19.4 Å². The minimum Gasteiger partial charge on any atom is -0.497 e. The number of rotatable bonds is 4. The maximum atomic E-state index is 5.23. The molecule has 1 aromatic carbocycles. The quantitative estimate of drug-likeness (QED) is 0.784. The fourth-order valence-electron chi connectivity index (χ4n) is 2.99. The lowest BCUT2D eigenvalue weighted by molar-refractivity contribution is 0.414. The first-order chi connectivity index (χ1) is 9.81. The van der Waals surface area contributed by atoms with Gasteiger partial charge in [-0.3, -0.25) is 0 Å². The van der Waals surface area contributed by atoms with Gasteiger partial charge in [-0.25, -0.2) is 0 Å². The average Bonchev–Trinajstić information content (AvgIpc) is 2.86. The molecule has 1 aliphatic carbocycles. The maximum Gasteiger partial charge on any atom is 0.118 e. The van der Waals surface area contributed by atoms with Crippen molar-refractivity contribution >= 4 is 11.8 Å². The first-order valence-corrected chi connectivity index (χ1v) is 8.42. The van der Waals surface area contributed by atoms with Gasteiger partial charge in [-0.15, -0.1) is 11.8 Å². The number of aromatic nitrogens is 1. The van der Waals surface area contributed by atoms with Crippen LogP contribution >= 0.6 is 11.8 Å². The highest BCUT2D eigenvalue weighted by Gasteiger charge is 2.17. The van der Waals surface area contributed by atoms with Crippen molar-refractivity contribution in [3.8, 4) is 5.75 Å². The first-order valence-electron chi connectivity index (χ1n) is 7.20. The van der Waals surface area contributed by atoms with Gasteiger partial charge in [-0.2, -0.15) is 0 Å². The summed E-state index contributed by atoms with van der Waals surface area (Å²) in [6.07, 6.45) is 7.32. The number of benzene rings is 1. The van der Waals surface area contributed by atoms with Crippen LogP contribution in [-0.4, -0.2) is 17.9 Å². The Kier molecular flexibility index (Phi) is 4.06. The number of hydrogen-bond acceptors (Lipinski definition) is 2. The van der Waals surface area contributed by atoms with E-state index in [-0.39, 0.29) is 0 Å². The Morgan fingerprint density at radius 2 is 1.90 bits per heavy atom. The molecule has 0 amide bonds. The van der Waals surface area contributed by atoms with E-state index in [1.165, 1.54) is 36.3 Å². The largest absolute Gasteiger partial charge is 0.497 e. The minimum absolute atomic E-state index is 0.924. The summed E-state index contributed by atoms with van der Waals surface area (Å²) in [6.45, 7) is 0.968. The Balaban J connectivity index is 1.90. The van der Waals surface area contributed by atoms with E-state index in [2.05, 4.69) is 29.0 Å². The van der Waals surface area contributed by atoms with Gasteiger partial charge in [0.2, 0.25) is 0 Å². The highest BCUT2D eigenvalue weighted by Crippen LogP contribution is 2.30. The molecule has 0 fully saturated rings. The molecule has 3 heteroatoms. The van der Waals surface area contributed by atoms with Crippen LogP contribution in [0.5, 0.6) is 5.75 Å². The second-order valence-corrected chi connectivity index (χ2v) is 6.13. The summed E-state index contributed by atoms with van der Waals surface area (Å²) >= 11 is 1.85. The van der Waals surface area contributed by atoms with Crippen molar-refractivity contribution in [3.05, 3.63) is 47.2 Å². The second kappa shape index (κ2) is 5.96. The van der Waals surface area contributed by atoms with Crippen molar-refractivity contribution in [2.45, 2.75) is 37.3 Å². The summed E-state index contributed by atoms with van der Waals surface area (Å²) in [6, 6.07) is 10.8. The van der Waals surface area contributed by atoms with Crippen molar-refractivity contribution in [2.24, 2.45) is 0 Å². The molecule has 0 unspecified atom stereocenters. The summed E-state index contributed by atoms with van der Waals surface area (Å²) in [5.74, 6) is 0.924. The molecule has 0 saturated carbocycles. The number of nitrogens with zero attached hydrogens (tertiary/aromatic N) is 1. The van der Waals surface area contributed by atoms with E-state index in [1.807, 2.05) is 23.9 Å². The molecule has 0 spiro atoms. The van der Waals surface area contributed by atoms with Crippen molar-refractivity contribution in [1.29, 1.82) is 0 Å². The molecule has 3 rings (SSSR count). The highest BCUT2D eigenvalue weighted by molar-refractivity contribution is 7.98. The number of fused-ring (bicyclic) bond motifs is 1. The lowest BCUT2D eigenvalue weighted by Crippen LogP contribution is -2.10.